The van der Waals surface area contributed by atoms with Gasteiger partial charge in [-0.2, -0.15) is 0 Å². The second kappa shape index (κ2) is 9.56. The van der Waals surface area contributed by atoms with Crippen molar-refractivity contribution in [3.05, 3.63) is 58.9 Å². The van der Waals surface area contributed by atoms with Crippen LogP contribution in [0.1, 0.15) is 32.6 Å². The summed E-state index contributed by atoms with van der Waals surface area (Å²) in [5.74, 6) is 1.33. The molecule has 0 aliphatic heterocycles. The number of hydrogen-bond acceptors (Lipinski definition) is 5. The molecule has 1 aliphatic carbocycles. The maximum absolute atomic E-state index is 13.3. The molecule has 2 aromatic carbocycles. The first-order chi connectivity index (χ1) is 15.1. The van der Waals surface area contributed by atoms with Crippen molar-refractivity contribution in [1.82, 2.24) is 14.9 Å². The van der Waals surface area contributed by atoms with Crippen LogP contribution in [-0.4, -0.2) is 34.4 Å². The normalized spacial score (nSPS) is 18.6. The Labute approximate surface area is 186 Å². The molecule has 6 nitrogen and oxygen atoms in total. The monoisotopic (exact) mass is 437 g/mol. The maximum Gasteiger partial charge on any atom is 0.266 e. The Morgan fingerprint density at radius 3 is 2.81 bits per heavy atom. The van der Waals surface area contributed by atoms with Gasteiger partial charge in [-0.3, -0.25) is 14.2 Å². The fourth-order valence-electron chi connectivity index (χ4n) is 4.10. The van der Waals surface area contributed by atoms with Crippen molar-refractivity contribution < 1.29 is 9.53 Å². The summed E-state index contributed by atoms with van der Waals surface area (Å²) < 4.78 is 6.89. The van der Waals surface area contributed by atoms with Crippen molar-refractivity contribution in [3.8, 4) is 11.4 Å². The fraction of sp³-hybridized carbons (Fsp3) is 0.375. The average molecular weight is 438 g/mol. The second-order valence-corrected chi connectivity index (χ2v) is 8.92. The van der Waals surface area contributed by atoms with Gasteiger partial charge in [0.1, 0.15) is 5.75 Å². The molecule has 0 saturated heterocycles. The van der Waals surface area contributed by atoms with Crippen molar-refractivity contribution >= 4 is 28.6 Å². The number of methoxy groups -OCH3 is 1. The molecule has 7 heteroatoms. The number of benzene rings is 2. The summed E-state index contributed by atoms with van der Waals surface area (Å²) in [6, 6.07) is 14.8. The number of carbonyl (C=O) groups excluding carboxylic acids is 1. The van der Waals surface area contributed by atoms with E-state index in [0.29, 0.717) is 33.4 Å². The van der Waals surface area contributed by atoms with Crippen molar-refractivity contribution in [2.24, 2.45) is 5.92 Å². The highest BCUT2D eigenvalue weighted by Crippen LogP contribution is 2.25. The van der Waals surface area contributed by atoms with E-state index in [1.165, 1.54) is 18.2 Å². The lowest BCUT2D eigenvalue weighted by Gasteiger charge is -2.29. The Morgan fingerprint density at radius 1 is 1.19 bits per heavy atom. The van der Waals surface area contributed by atoms with E-state index in [2.05, 4.69) is 12.2 Å². The predicted octanol–water partition coefficient (Wildman–Crippen LogP) is 4.18. The first-order valence-electron chi connectivity index (χ1n) is 10.6. The van der Waals surface area contributed by atoms with Crippen molar-refractivity contribution in [3.63, 3.8) is 0 Å². The Kier molecular flexibility index (Phi) is 6.61. The molecule has 1 aliphatic rings. The van der Waals surface area contributed by atoms with Crippen LogP contribution in [0.5, 0.6) is 5.75 Å². The highest BCUT2D eigenvalue weighted by Gasteiger charge is 2.23. The molecule has 0 bridgehead atoms. The smallest absolute Gasteiger partial charge is 0.266 e. The van der Waals surface area contributed by atoms with Crippen LogP contribution in [0.3, 0.4) is 0 Å². The van der Waals surface area contributed by atoms with E-state index in [9.17, 15) is 9.59 Å². The largest absolute Gasteiger partial charge is 0.497 e. The first kappa shape index (κ1) is 21.4. The third-order valence-electron chi connectivity index (χ3n) is 5.85. The zero-order valence-electron chi connectivity index (χ0n) is 17.8. The van der Waals surface area contributed by atoms with Gasteiger partial charge in [0.05, 0.1) is 29.5 Å². The van der Waals surface area contributed by atoms with Crippen molar-refractivity contribution in [2.75, 3.05) is 12.9 Å². The van der Waals surface area contributed by atoms with E-state index < -0.39 is 0 Å². The Balaban J connectivity index is 1.64. The van der Waals surface area contributed by atoms with E-state index in [1.54, 1.807) is 23.8 Å². The lowest BCUT2D eigenvalue weighted by atomic mass is 9.86. The summed E-state index contributed by atoms with van der Waals surface area (Å²) in [6.45, 7) is 2.20. The van der Waals surface area contributed by atoms with Crippen LogP contribution >= 0.6 is 11.8 Å². The fourth-order valence-corrected chi connectivity index (χ4v) is 4.92. The van der Waals surface area contributed by atoms with E-state index in [4.69, 9.17) is 9.72 Å². The molecule has 4 rings (SSSR count). The number of nitrogens with one attached hydrogen (secondary N) is 1. The highest BCUT2D eigenvalue weighted by molar-refractivity contribution is 7.99. The summed E-state index contributed by atoms with van der Waals surface area (Å²) in [6.07, 6.45) is 4.57. The third-order valence-corrected chi connectivity index (χ3v) is 6.79. The third kappa shape index (κ3) is 4.77. The van der Waals surface area contributed by atoms with Crippen molar-refractivity contribution in [2.45, 2.75) is 43.8 Å². The Bertz CT molecular complexity index is 1140. The zero-order chi connectivity index (χ0) is 21.8. The number of aromatic nitrogens is 2. The van der Waals surface area contributed by atoms with Crippen LogP contribution in [0, 0.1) is 5.92 Å². The summed E-state index contributed by atoms with van der Waals surface area (Å²) in [5, 5.41) is 4.20. The average Bonchev–Trinajstić information content (AvgIpc) is 2.79. The van der Waals surface area contributed by atoms with Gasteiger partial charge in [0.2, 0.25) is 5.91 Å². The quantitative estimate of drug-likeness (QED) is 0.463. The molecule has 31 heavy (non-hydrogen) atoms. The minimum Gasteiger partial charge on any atom is -0.497 e. The second-order valence-electron chi connectivity index (χ2n) is 7.98. The Hall–Kier alpha value is -2.80. The van der Waals surface area contributed by atoms with E-state index in [1.807, 2.05) is 36.4 Å². The van der Waals surface area contributed by atoms with Gasteiger partial charge in [-0.05, 0) is 43.0 Å². The first-order valence-corrected chi connectivity index (χ1v) is 11.6. The molecule has 1 N–H and O–H groups in total. The van der Waals surface area contributed by atoms with Gasteiger partial charge >= 0.3 is 0 Å². The van der Waals surface area contributed by atoms with Gasteiger partial charge in [-0.1, -0.05) is 49.7 Å². The van der Waals surface area contributed by atoms with Crippen LogP contribution in [-0.2, 0) is 4.79 Å². The van der Waals surface area contributed by atoms with Crippen LogP contribution in [0.25, 0.3) is 16.6 Å². The molecule has 1 heterocycles. The number of nitrogens with zero attached hydrogens (tertiary/aromatic N) is 2. The van der Waals surface area contributed by atoms with Gasteiger partial charge in [-0.25, -0.2) is 4.98 Å². The molecule has 0 unspecified atom stereocenters. The topological polar surface area (TPSA) is 73.2 Å². The lowest BCUT2D eigenvalue weighted by molar-refractivity contribution is -0.119. The van der Waals surface area contributed by atoms with Crippen LogP contribution in [0.4, 0.5) is 0 Å². The standard InChI is InChI=1S/C24H27N3O3S/c1-16-8-3-5-12-20(16)25-22(28)15-31-24-26-21-13-6-4-11-19(21)23(29)27(24)17-9-7-10-18(14-17)30-2/h4,6-7,9-11,13-14,16,20H,3,5,8,12,15H2,1-2H3,(H,25,28)/t16-,20+/m1/s1. The number of rotatable bonds is 6. The summed E-state index contributed by atoms with van der Waals surface area (Å²) in [7, 11) is 1.59. The molecule has 1 amide bonds. The van der Waals surface area contributed by atoms with E-state index in [0.717, 1.165) is 19.3 Å². The Morgan fingerprint density at radius 2 is 2.00 bits per heavy atom. The molecular formula is C24H27N3O3S. The van der Waals surface area contributed by atoms with E-state index in [-0.39, 0.29) is 23.3 Å². The molecule has 0 spiro atoms. The van der Waals surface area contributed by atoms with Crippen LogP contribution in [0.2, 0.25) is 0 Å². The van der Waals surface area contributed by atoms with Gasteiger partial charge < -0.3 is 10.1 Å². The minimum atomic E-state index is -0.164. The van der Waals surface area contributed by atoms with Gasteiger partial charge in [0.15, 0.2) is 5.16 Å². The van der Waals surface area contributed by atoms with Gasteiger partial charge in [0.25, 0.3) is 5.56 Å². The molecule has 0 radical (unpaired) electrons. The number of thioether (sulfide) groups is 1. The molecule has 162 valence electrons. The summed E-state index contributed by atoms with van der Waals surface area (Å²) in [5.41, 5.74) is 1.12. The van der Waals surface area contributed by atoms with Gasteiger partial charge in [-0.15, -0.1) is 0 Å². The number of amides is 1. The maximum atomic E-state index is 13.3. The molecular weight excluding hydrogens is 410 g/mol. The molecule has 1 fully saturated rings. The molecule has 3 aromatic rings. The highest BCUT2D eigenvalue weighted by atomic mass is 32.2. The summed E-state index contributed by atoms with van der Waals surface area (Å²) in [4.78, 5) is 30.7. The minimum absolute atomic E-state index is 0.0247. The van der Waals surface area contributed by atoms with E-state index >= 15 is 0 Å². The molecule has 1 saturated carbocycles. The predicted molar refractivity (Wildman–Crippen MR) is 124 cm³/mol. The lowest BCUT2D eigenvalue weighted by Crippen LogP contribution is -2.41. The van der Waals surface area contributed by atoms with Crippen molar-refractivity contribution in [1.29, 1.82) is 0 Å². The summed E-state index contributed by atoms with van der Waals surface area (Å²) >= 11 is 1.28. The SMILES string of the molecule is COc1cccc(-n2c(SCC(=O)N[C@H]3CCCC[C@H]3C)nc3ccccc3c2=O)c1. The number of para-hydroxylation sites is 1. The zero-order valence-corrected chi connectivity index (χ0v) is 18.7. The molecule has 2 atom stereocenters. The van der Waals surface area contributed by atoms with Crippen LogP contribution in [0.15, 0.2) is 58.5 Å². The number of ether oxygens (including phenoxy) is 1. The number of fused-ring (bicyclic) bond motifs is 1. The molecule has 1 aromatic heterocycles. The number of hydrogen-bond donors (Lipinski definition) is 1. The van der Waals surface area contributed by atoms with Gasteiger partial charge in [0, 0.05) is 12.1 Å². The number of carbonyl (C=O) groups is 1. The van der Waals surface area contributed by atoms with Crippen LogP contribution < -0.4 is 15.6 Å².